The fourth-order valence-electron chi connectivity index (χ4n) is 2.03. The Kier molecular flexibility index (Phi) is 5.92. The number of halogens is 2. The van der Waals surface area contributed by atoms with Crippen LogP contribution in [0.2, 0.25) is 0 Å². The molecule has 0 aliphatic carbocycles. The topological polar surface area (TPSA) is 67.4 Å². The molecule has 0 fully saturated rings. The molecule has 5 nitrogen and oxygen atoms in total. The van der Waals surface area contributed by atoms with Gasteiger partial charge in [-0.2, -0.15) is 0 Å². The van der Waals surface area contributed by atoms with Crippen LogP contribution >= 0.6 is 15.9 Å². The molecule has 2 N–H and O–H groups in total. The molecule has 0 bridgehead atoms. The van der Waals surface area contributed by atoms with Crippen molar-refractivity contribution in [3.05, 3.63) is 63.4 Å². The minimum Gasteiger partial charge on any atom is -0.483 e. The van der Waals surface area contributed by atoms with Gasteiger partial charge in [-0.1, -0.05) is 17.7 Å². The molecule has 7 heteroatoms. The highest BCUT2D eigenvalue weighted by atomic mass is 79.9. The highest BCUT2D eigenvalue weighted by molar-refractivity contribution is 9.10. The molecule has 0 unspecified atom stereocenters. The molecule has 24 heavy (non-hydrogen) atoms. The molecule has 126 valence electrons. The summed E-state index contributed by atoms with van der Waals surface area (Å²) >= 11 is 3.14. The first-order valence-electron chi connectivity index (χ1n) is 7.11. The van der Waals surface area contributed by atoms with E-state index in [1.807, 2.05) is 26.0 Å². The molecule has 2 rings (SSSR count). The average Bonchev–Trinajstić information content (AvgIpc) is 2.51. The Morgan fingerprint density at radius 2 is 1.88 bits per heavy atom. The van der Waals surface area contributed by atoms with E-state index in [-0.39, 0.29) is 6.61 Å². The van der Waals surface area contributed by atoms with Crippen molar-refractivity contribution in [1.29, 1.82) is 0 Å². The summed E-state index contributed by atoms with van der Waals surface area (Å²) in [6.45, 7) is 3.43. The van der Waals surface area contributed by atoms with Crippen LogP contribution in [0.15, 0.2) is 40.9 Å². The van der Waals surface area contributed by atoms with E-state index in [4.69, 9.17) is 4.74 Å². The smallest absolute Gasteiger partial charge is 0.276 e. The van der Waals surface area contributed by atoms with Gasteiger partial charge in [-0.15, -0.1) is 0 Å². The maximum absolute atomic E-state index is 13.0. The summed E-state index contributed by atoms with van der Waals surface area (Å²) < 4.78 is 18.6. The van der Waals surface area contributed by atoms with Crippen LogP contribution in [-0.4, -0.2) is 18.4 Å². The number of hydrogen-bond donors (Lipinski definition) is 2. The van der Waals surface area contributed by atoms with Crippen molar-refractivity contribution in [3.8, 4) is 5.75 Å². The van der Waals surface area contributed by atoms with Crippen molar-refractivity contribution in [1.82, 2.24) is 10.9 Å². The number of nitrogens with one attached hydrogen (secondary N) is 2. The van der Waals surface area contributed by atoms with E-state index in [0.29, 0.717) is 15.8 Å². The number of hydrogen-bond acceptors (Lipinski definition) is 3. The number of rotatable bonds is 4. The maximum atomic E-state index is 13.0. The molecule has 0 spiro atoms. The Hall–Kier alpha value is -2.41. The largest absolute Gasteiger partial charge is 0.483 e. The van der Waals surface area contributed by atoms with Gasteiger partial charge in [0.15, 0.2) is 6.61 Å². The van der Waals surface area contributed by atoms with Crippen LogP contribution in [-0.2, 0) is 4.79 Å². The SMILES string of the molecule is Cc1ccc(C(=O)NNC(=O)COc2ccc(F)cc2Br)c(C)c1. The maximum Gasteiger partial charge on any atom is 0.276 e. The van der Waals surface area contributed by atoms with Crippen molar-refractivity contribution in [2.75, 3.05) is 6.61 Å². The van der Waals surface area contributed by atoms with E-state index in [1.165, 1.54) is 18.2 Å². The zero-order valence-electron chi connectivity index (χ0n) is 13.2. The number of carbonyl (C=O) groups excluding carboxylic acids is 2. The zero-order valence-corrected chi connectivity index (χ0v) is 14.7. The summed E-state index contributed by atoms with van der Waals surface area (Å²) in [5.74, 6) is -1.04. The average molecular weight is 395 g/mol. The van der Waals surface area contributed by atoms with Gasteiger partial charge in [0.05, 0.1) is 4.47 Å². The molecule has 2 aromatic rings. The van der Waals surface area contributed by atoms with Gasteiger partial charge in [0.2, 0.25) is 0 Å². The second kappa shape index (κ2) is 7.92. The molecule has 0 aliphatic heterocycles. The molecule has 0 saturated heterocycles. The van der Waals surface area contributed by atoms with Crippen molar-refractivity contribution in [3.63, 3.8) is 0 Å². The Bertz CT molecular complexity index is 780. The first-order valence-corrected chi connectivity index (χ1v) is 7.90. The van der Waals surface area contributed by atoms with E-state index in [0.717, 1.165) is 11.1 Å². The molecule has 0 heterocycles. The molecule has 0 aliphatic rings. The number of carbonyl (C=O) groups is 2. The van der Waals surface area contributed by atoms with Crippen molar-refractivity contribution >= 4 is 27.7 Å². The van der Waals surface area contributed by atoms with Crippen LogP contribution in [0.4, 0.5) is 4.39 Å². The van der Waals surface area contributed by atoms with Gasteiger partial charge in [0.1, 0.15) is 11.6 Å². The summed E-state index contributed by atoms with van der Waals surface area (Å²) in [5.41, 5.74) is 6.94. The van der Waals surface area contributed by atoms with E-state index >= 15 is 0 Å². The second-order valence-electron chi connectivity index (χ2n) is 5.18. The van der Waals surface area contributed by atoms with Crippen molar-refractivity contribution in [2.45, 2.75) is 13.8 Å². The number of ether oxygens (including phenoxy) is 1. The summed E-state index contributed by atoms with van der Waals surface area (Å²) in [4.78, 5) is 23.8. The monoisotopic (exact) mass is 394 g/mol. The predicted octanol–water partition coefficient (Wildman–Crippen LogP) is 3.05. The van der Waals surface area contributed by atoms with E-state index in [1.54, 1.807) is 6.07 Å². The highest BCUT2D eigenvalue weighted by Crippen LogP contribution is 2.25. The normalized spacial score (nSPS) is 10.2. The molecule has 2 amide bonds. The third kappa shape index (κ3) is 4.79. The summed E-state index contributed by atoms with van der Waals surface area (Å²) in [7, 11) is 0. The minimum absolute atomic E-state index is 0.322. The van der Waals surface area contributed by atoms with Gasteiger partial charge in [0.25, 0.3) is 11.8 Å². The standard InChI is InChI=1S/C17H16BrFN2O3/c1-10-3-5-13(11(2)7-10)17(23)21-20-16(22)9-24-15-6-4-12(19)8-14(15)18/h3-8H,9H2,1-2H3,(H,20,22)(H,21,23). The van der Waals surface area contributed by atoms with Crippen LogP contribution in [0.25, 0.3) is 0 Å². The summed E-state index contributed by atoms with van der Waals surface area (Å²) in [6, 6.07) is 9.25. The van der Waals surface area contributed by atoms with Crippen LogP contribution in [0.1, 0.15) is 21.5 Å². The molecule has 0 atom stereocenters. The number of aryl methyl sites for hydroxylation is 2. The lowest BCUT2D eigenvalue weighted by Gasteiger charge is -2.11. The van der Waals surface area contributed by atoms with Gasteiger partial charge in [0, 0.05) is 5.56 Å². The fraction of sp³-hybridized carbons (Fsp3) is 0.176. The Morgan fingerprint density at radius 1 is 1.12 bits per heavy atom. The summed E-state index contributed by atoms with van der Waals surface area (Å²) in [6.07, 6.45) is 0. The quantitative estimate of drug-likeness (QED) is 0.783. The van der Waals surface area contributed by atoms with Crippen molar-refractivity contribution in [2.24, 2.45) is 0 Å². The van der Waals surface area contributed by atoms with Crippen LogP contribution < -0.4 is 15.6 Å². The van der Waals surface area contributed by atoms with Crippen molar-refractivity contribution < 1.29 is 18.7 Å². The zero-order chi connectivity index (χ0) is 17.7. The van der Waals surface area contributed by atoms with Crippen LogP contribution in [0.5, 0.6) is 5.75 Å². The van der Waals surface area contributed by atoms with Gasteiger partial charge in [-0.3, -0.25) is 20.4 Å². The minimum atomic E-state index is -0.538. The molecule has 0 radical (unpaired) electrons. The van der Waals surface area contributed by atoms with E-state index in [9.17, 15) is 14.0 Å². The second-order valence-corrected chi connectivity index (χ2v) is 6.04. The van der Waals surface area contributed by atoms with Gasteiger partial charge in [-0.05, 0) is 59.6 Å². The van der Waals surface area contributed by atoms with E-state index in [2.05, 4.69) is 26.8 Å². The van der Waals surface area contributed by atoms with Gasteiger partial charge >= 0.3 is 0 Å². The van der Waals surface area contributed by atoms with Crippen LogP contribution in [0.3, 0.4) is 0 Å². The van der Waals surface area contributed by atoms with E-state index < -0.39 is 17.6 Å². The first-order chi connectivity index (χ1) is 11.4. The molecular weight excluding hydrogens is 379 g/mol. The molecule has 0 saturated carbocycles. The molecular formula is C17H16BrFN2O3. The first kappa shape index (κ1) is 17.9. The van der Waals surface area contributed by atoms with Crippen LogP contribution in [0, 0.1) is 19.7 Å². The number of hydrazine groups is 1. The lowest BCUT2D eigenvalue weighted by molar-refractivity contribution is -0.123. The number of benzene rings is 2. The Balaban J connectivity index is 1.85. The lowest BCUT2D eigenvalue weighted by Crippen LogP contribution is -2.44. The van der Waals surface area contributed by atoms with Gasteiger partial charge < -0.3 is 4.74 Å². The number of amides is 2. The van der Waals surface area contributed by atoms with Gasteiger partial charge in [-0.25, -0.2) is 4.39 Å². The Labute approximate surface area is 147 Å². The third-order valence-corrected chi connectivity index (χ3v) is 3.81. The fourth-order valence-corrected chi connectivity index (χ4v) is 2.50. The third-order valence-electron chi connectivity index (χ3n) is 3.19. The Morgan fingerprint density at radius 3 is 2.54 bits per heavy atom. The predicted molar refractivity (Wildman–Crippen MR) is 91.1 cm³/mol. The lowest BCUT2D eigenvalue weighted by atomic mass is 10.1. The highest BCUT2D eigenvalue weighted by Gasteiger charge is 2.11. The molecule has 0 aromatic heterocycles. The molecule has 2 aromatic carbocycles. The summed E-state index contributed by atoms with van der Waals surface area (Å²) in [5, 5.41) is 0.